The molecule has 47 heavy (non-hydrogen) atoms. The Balaban J connectivity index is 1.70. The van der Waals surface area contributed by atoms with Crippen LogP contribution >= 0.6 is 11.8 Å². The van der Waals surface area contributed by atoms with E-state index in [-0.39, 0.29) is 57.0 Å². The van der Waals surface area contributed by atoms with Gasteiger partial charge in [-0.2, -0.15) is 0 Å². The van der Waals surface area contributed by atoms with Gasteiger partial charge in [0.2, 0.25) is 0 Å². The van der Waals surface area contributed by atoms with Crippen LogP contribution in [-0.4, -0.2) is 30.8 Å². The molecule has 0 bridgehead atoms. The zero-order valence-corrected chi connectivity index (χ0v) is 31.2. The molecular weight excluding hydrogens is 610 g/mol. The summed E-state index contributed by atoms with van der Waals surface area (Å²) in [4.78, 5) is 25.4. The second-order valence-electron chi connectivity index (χ2n) is 16.1. The van der Waals surface area contributed by atoms with Crippen LogP contribution in [0.2, 0.25) is 0 Å². The summed E-state index contributed by atoms with van der Waals surface area (Å²) in [5, 5.41) is 0.382. The average molecular weight is 668 g/mol. The lowest BCUT2D eigenvalue weighted by atomic mass is 9.34. The molecule has 0 heterocycles. The highest BCUT2D eigenvalue weighted by Crippen LogP contribution is 2.75. The minimum Gasteiger partial charge on any atom is -0.434 e. The lowest BCUT2D eigenvalue weighted by Gasteiger charge is -2.70. The summed E-state index contributed by atoms with van der Waals surface area (Å²) in [6, 6.07) is 1.95. The molecule has 4 aliphatic carbocycles. The Labute approximate surface area is 286 Å². The first-order valence-electron chi connectivity index (χ1n) is 17.6. The zero-order valence-electron chi connectivity index (χ0n) is 30.4. The first kappa shape index (κ1) is 35.7. The summed E-state index contributed by atoms with van der Waals surface area (Å²) < 4.78 is 21.9. The summed E-state index contributed by atoms with van der Waals surface area (Å²) >= 11 is 1.91. The molecule has 0 radical (unpaired) electrons. The number of benzene rings is 1. The Morgan fingerprint density at radius 2 is 1.57 bits per heavy atom. The van der Waals surface area contributed by atoms with Crippen molar-refractivity contribution in [3.8, 4) is 11.5 Å². The number of allylic oxidation sites excluding steroid dienone is 2. The molecule has 1 aromatic rings. The van der Waals surface area contributed by atoms with Gasteiger partial charge < -0.3 is 24.7 Å². The van der Waals surface area contributed by atoms with Crippen LogP contribution in [0.25, 0.3) is 0 Å². The second kappa shape index (κ2) is 12.4. The van der Waals surface area contributed by atoms with Gasteiger partial charge in [0.15, 0.2) is 11.5 Å². The largest absolute Gasteiger partial charge is 0.513 e. The van der Waals surface area contributed by atoms with Gasteiger partial charge in [0, 0.05) is 27.3 Å². The molecule has 3 saturated carbocycles. The van der Waals surface area contributed by atoms with Crippen LogP contribution in [-0.2, 0) is 14.9 Å². The molecule has 1 unspecified atom stereocenters. The molecule has 8 heteroatoms. The standard InChI is InChI=1S/C39H57NO6S/c1-12-43-33(41)45-27-20-26-31(24(5)32(27)46-34(42)44-13-2)28(47-23(3)4)21-29-37(26,9)17-19-39(11)30-22-36(8,25(6)40)15-14-35(30,7)16-18-38(29,39)10/h20-21,23,28,30H,6,12-19,22,40H2,1-5,7-11H3/t28?,30-,35-,36-,37+,38-,39+/m1/s1. The predicted octanol–water partition coefficient (Wildman–Crippen LogP) is 10.3. The normalized spacial score (nSPS) is 35.8. The topological polar surface area (TPSA) is 97.1 Å². The minimum atomic E-state index is -0.832. The fourth-order valence-corrected chi connectivity index (χ4v) is 11.3. The van der Waals surface area contributed by atoms with Crippen molar-refractivity contribution in [2.24, 2.45) is 33.3 Å². The first-order chi connectivity index (χ1) is 21.9. The SMILES string of the molecule is C=C(N)[C@]1(C)CC[C@]2(C)CC[C@]3(C)C4=CC(SC(C)C)c5c(cc(OC(=O)OCC)c(OC(=O)OCC)c5C)[C@]4(C)CC[C@@]3(C)[C@@H]2C1. The Kier molecular flexibility index (Phi) is 9.39. The first-order valence-corrected chi connectivity index (χ1v) is 18.5. The van der Waals surface area contributed by atoms with Crippen molar-refractivity contribution in [2.45, 2.75) is 130 Å². The van der Waals surface area contributed by atoms with E-state index < -0.39 is 12.3 Å². The molecular formula is C39H57NO6S. The number of thioether (sulfide) groups is 1. The highest BCUT2D eigenvalue weighted by molar-refractivity contribution is 8.00. The fraction of sp³-hybridized carbons (Fsp3) is 0.692. The van der Waals surface area contributed by atoms with Gasteiger partial charge >= 0.3 is 12.3 Å². The van der Waals surface area contributed by atoms with Crippen LogP contribution in [0.3, 0.4) is 0 Å². The molecule has 0 amide bonds. The molecule has 7 nitrogen and oxygen atoms in total. The number of fused-ring (bicyclic) bond motifs is 7. The van der Waals surface area contributed by atoms with E-state index in [9.17, 15) is 9.59 Å². The molecule has 2 N–H and O–H groups in total. The number of hydrogen-bond donors (Lipinski definition) is 1. The highest BCUT2D eigenvalue weighted by Gasteiger charge is 2.67. The van der Waals surface area contributed by atoms with Crippen molar-refractivity contribution in [3.05, 3.63) is 46.7 Å². The van der Waals surface area contributed by atoms with Crippen molar-refractivity contribution < 1.29 is 28.5 Å². The summed E-state index contributed by atoms with van der Waals surface area (Å²) in [5.41, 5.74) is 11.8. The number of rotatable bonds is 7. The lowest BCUT2D eigenvalue weighted by Crippen LogP contribution is -2.62. The van der Waals surface area contributed by atoms with E-state index in [1.165, 1.54) is 18.4 Å². The number of ether oxygens (including phenoxy) is 4. The summed E-state index contributed by atoms with van der Waals surface area (Å²) in [5.74, 6) is 0.900. The van der Waals surface area contributed by atoms with Crippen LogP contribution in [0.1, 0.15) is 129 Å². The Morgan fingerprint density at radius 3 is 2.17 bits per heavy atom. The molecule has 0 spiro atoms. The van der Waals surface area contributed by atoms with Gasteiger partial charge in [0.25, 0.3) is 0 Å². The van der Waals surface area contributed by atoms with Crippen LogP contribution < -0.4 is 15.2 Å². The molecule has 0 aliphatic heterocycles. The Morgan fingerprint density at radius 1 is 0.957 bits per heavy atom. The van der Waals surface area contributed by atoms with Gasteiger partial charge in [-0.3, -0.25) is 0 Å². The third kappa shape index (κ3) is 5.68. The van der Waals surface area contributed by atoms with Crippen molar-refractivity contribution in [1.29, 1.82) is 0 Å². The number of hydrogen-bond acceptors (Lipinski definition) is 8. The van der Waals surface area contributed by atoms with Gasteiger partial charge in [-0.05, 0) is 110 Å². The van der Waals surface area contributed by atoms with Gasteiger partial charge in [-0.1, -0.05) is 66.7 Å². The molecule has 0 aromatic heterocycles. The molecule has 260 valence electrons. The van der Waals surface area contributed by atoms with E-state index in [1.807, 2.05) is 24.8 Å². The second-order valence-corrected chi connectivity index (χ2v) is 17.8. The molecule has 3 fully saturated rings. The summed E-state index contributed by atoms with van der Waals surface area (Å²) in [6.07, 6.45) is 8.58. The third-order valence-corrected chi connectivity index (χ3v) is 14.3. The third-order valence-electron chi connectivity index (χ3n) is 13.1. The minimum absolute atomic E-state index is 0.0298. The highest BCUT2D eigenvalue weighted by atomic mass is 32.2. The Bertz CT molecular complexity index is 1490. The lowest BCUT2D eigenvalue weighted by molar-refractivity contribution is -0.154. The molecule has 0 saturated heterocycles. The van der Waals surface area contributed by atoms with Crippen LogP contribution in [0, 0.1) is 34.5 Å². The maximum Gasteiger partial charge on any atom is 0.513 e. The average Bonchev–Trinajstić information content (AvgIpc) is 2.98. The quantitative estimate of drug-likeness (QED) is 0.174. The van der Waals surface area contributed by atoms with E-state index in [1.54, 1.807) is 13.8 Å². The fourth-order valence-electron chi connectivity index (χ4n) is 10.0. The maximum absolute atomic E-state index is 12.7. The van der Waals surface area contributed by atoms with E-state index >= 15 is 0 Å². The molecule has 1 aromatic carbocycles. The van der Waals surface area contributed by atoms with E-state index in [0.29, 0.717) is 11.2 Å². The van der Waals surface area contributed by atoms with E-state index in [4.69, 9.17) is 24.7 Å². The molecule has 5 rings (SSSR count). The summed E-state index contributed by atoms with van der Waals surface area (Å²) in [7, 11) is 0. The van der Waals surface area contributed by atoms with E-state index in [0.717, 1.165) is 54.5 Å². The number of carbonyl (C=O) groups excluding carboxylic acids is 2. The van der Waals surface area contributed by atoms with E-state index in [2.05, 4.69) is 61.1 Å². The van der Waals surface area contributed by atoms with Gasteiger partial charge in [-0.25, -0.2) is 9.59 Å². The maximum atomic E-state index is 12.7. The van der Waals surface area contributed by atoms with Crippen LogP contribution in [0.4, 0.5) is 9.59 Å². The van der Waals surface area contributed by atoms with Crippen LogP contribution in [0.15, 0.2) is 30.0 Å². The van der Waals surface area contributed by atoms with Gasteiger partial charge in [-0.15, -0.1) is 11.8 Å². The monoisotopic (exact) mass is 667 g/mol. The van der Waals surface area contributed by atoms with Gasteiger partial charge in [0.05, 0.1) is 13.2 Å². The smallest absolute Gasteiger partial charge is 0.434 e. The van der Waals surface area contributed by atoms with Crippen molar-refractivity contribution in [2.75, 3.05) is 13.2 Å². The van der Waals surface area contributed by atoms with Crippen molar-refractivity contribution in [1.82, 2.24) is 0 Å². The zero-order chi connectivity index (χ0) is 34.7. The van der Waals surface area contributed by atoms with Crippen molar-refractivity contribution in [3.63, 3.8) is 0 Å². The predicted molar refractivity (Wildman–Crippen MR) is 189 cm³/mol. The van der Waals surface area contributed by atoms with Gasteiger partial charge in [0.1, 0.15) is 0 Å². The molecule has 7 atom stereocenters. The number of carbonyl (C=O) groups is 2. The summed E-state index contributed by atoms with van der Waals surface area (Å²) in [6.45, 7) is 26.8. The van der Waals surface area contributed by atoms with Crippen molar-refractivity contribution >= 4 is 24.1 Å². The molecule has 4 aliphatic rings. The van der Waals surface area contributed by atoms with Crippen LogP contribution in [0.5, 0.6) is 11.5 Å². The Hall–Kier alpha value is -2.61. The number of nitrogens with two attached hydrogens (primary N) is 1.